The van der Waals surface area contributed by atoms with E-state index in [4.69, 9.17) is 21.1 Å². The summed E-state index contributed by atoms with van der Waals surface area (Å²) in [5, 5.41) is 0.504. The molecule has 0 unspecified atom stereocenters. The van der Waals surface area contributed by atoms with Crippen LogP contribution in [0, 0.1) is 6.92 Å². The number of hydrogen-bond acceptors (Lipinski definition) is 6. The maximum absolute atomic E-state index is 12.6. The molecule has 0 radical (unpaired) electrons. The predicted molar refractivity (Wildman–Crippen MR) is 111 cm³/mol. The first kappa shape index (κ1) is 19.9. The number of piperidine rings is 1. The molecule has 2 fully saturated rings. The van der Waals surface area contributed by atoms with Gasteiger partial charge in [0.2, 0.25) is 5.88 Å². The summed E-state index contributed by atoms with van der Waals surface area (Å²) >= 11 is 6.49. The standard InChI is InChI=1S/C21H25ClN4O3/c1-15-2-5-23-19(12-15)29-17-3-6-25(7-4-17)20-18(22)13-16(14-24-20)21(27)26-8-10-28-11-9-26/h2,5,12-14,17H,3-4,6-11H2,1H3. The third kappa shape index (κ3) is 4.79. The lowest BCUT2D eigenvalue weighted by Crippen LogP contribution is -2.41. The molecule has 2 saturated heterocycles. The van der Waals surface area contributed by atoms with E-state index >= 15 is 0 Å². The first-order valence-corrected chi connectivity index (χ1v) is 10.3. The highest BCUT2D eigenvalue weighted by Gasteiger charge is 2.25. The lowest BCUT2D eigenvalue weighted by atomic mass is 10.1. The number of ether oxygens (including phenoxy) is 2. The van der Waals surface area contributed by atoms with E-state index in [0.717, 1.165) is 37.3 Å². The molecule has 2 aliphatic rings. The Morgan fingerprint density at radius 3 is 2.62 bits per heavy atom. The van der Waals surface area contributed by atoms with E-state index < -0.39 is 0 Å². The zero-order valence-corrected chi connectivity index (χ0v) is 17.3. The zero-order chi connectivity index (χ0) is 20.2. The number of halogens is 1. The van der Waals surface area contributed by atoms with Crippen LogP contribution >= 0.6 is 11.6 Å². The number of carbonyl (C=O) groups is 1. The van der Waals surface area contributed by atoms with Crippen molar-refractivity contribution >= 4 is 23.3 Å². The molecule has 8 heteroatoms. The van der Waals surface area contributed by atoms with Crippen molar-refractivity contribution in [1.82, 2.24) is 14.9 Å². The Morgan fingerprint density at radius 1 is 1.17 bits per heavy atom. The van der Waals surface area contributed by atoms with Gasteiger partial charge in [-0.25, -0.2) is 9.97 Å². The number of hydrogen-bond donors (Lipinski definition) is 0. The smallest absolute Gasteiger partial charge is 0.255 e. The van der Waals surface area contributed by atoms with Gasteiger partial charge in [0, 0.05) is 57.5 Å². The van der Waals surface area contributed by atoms with Crippen LogP contribution in [0.15, 0.2) is 30.6 Å². The molecule has 4 heterocycles. The highest BCUT2D eigenvalue weighted by Crippen LogP contribution is 2.28. The third-order valence-electron chi connectivity index (χ3n) is 5.29. The van der Waals surface area contributed by atoms with Crippen molar-refractivity contribution in [2.45, 2.75) is 25.9 Å². The molecule has 0 aromatic carbocycles. The minimum absolute atomic E-state index is 0.0491. The average molecular weight is 417 g/mol. The molecule has 4 rings (SSSR count). The molecule has 2 aromatic rings. The summed E-state index contributed by atoms with van der Waals surface area (Å²) in [5.41, 5.74) is 1.65. The van der Waals surface area contributed by atoms with E-state index in [1.807, 2.05) is 19.1 Å². The van der Waals surface area contributed by atoms with Crippen LogP contribution in [0.1, 0.15) is 28.8 Å². The highest BCUT2D eigenvalue weighted by atomic mass is 35.5. The summed E-state index contributed by atoms with van der Waals surface area (Å²) in [6.45, 7) is 5.95. The maximum Gasteiger partial charge on any atom is 0.255 e. The van der Waals surface area contributed by atoms with Crippen molar-refractivity contribution in [3.05, 3.63) is 46.7 Å². The molecule has 0 N–H and O–H groups in total. The summed E-state index contributed by atoms with van der Waals surface area (Å²) in [7, 11) is 0. The molecule has 154 valence electrons. The molecule has 7 nitrogen and oxygen atoms in total. The van der Waals surface area contributed by atoms with Gasteiger partial charge >= 0.3 is 0 Å². The van der Waals surface area contributed by atoms with Crippen molar-refractivity contribution in [2.24, 2.45) is 0 Å². The van der Waals surface area contributed by atoms with E-state index in [1.54, 1.807) is 23.4 Å². The van der Waals surface area contributed by atoms with Crippen LogP contribution in [0.25, 0.3) is 0 Å². The fourth-order valence-corrected chi connectivity index (χ4v) is 3.94. The number of carbonyl (C=O) groups excluding carboxylic acids is 1. The lowest BCUT2D eigenvalue weighted by Gasteiger charge is -2.33. The van der Waals surface area contributed by atoms with E-state index in [1.165, 1.54) is 0 Å². The van der Waals surface area contributed by atoms with Crippen LogP contribution in [0.3, 0.4) is 0 Å². The van der Waals surface area contributed by atoms with Crippen LogP contribution in [0.5, 0.6) is 5.88 Å². The summed E-state index contributed by atoms with van der Waals surface area (Å²) in [6.07, 6.45) is 5.24. The third-order valence-corrected chi connectivity index (χ3v) is 5.56. The van der Waals surface area contributed by atoms with Gasteiger partial charge in [-0.1, -0.05) is 11.6 Å². The number of anilines is 1. The number of pyridine rings is 2. The Bertz CT molecular complexity index is 865. The topological polar surface area (TPSA) is 67.8 Å². The van der Waals surface area contributed by atoms with Crippen molar-refractivity contribution < 1.29 is 14.3 Å². The Balaban J connectivity index is 1.36. The molecule has 0 aliphatic carbocycles. The van der Waals surface area contributed by atoms with E-state index in [2.05, 4.69) is 14.9 Å². The second-order valence-corrected chi connectivity index (χ2v) is 7.82. The fraction of sp³-hybridized carbons (Fsp3) is 0.476. The Kier molecular flexibility index (Phi) is 6.16. The van der Waals surface area contributed by atoms with E-state index in [0.29, 0.717) is 42.8 Å². The SMILES string of the molecule is Cc1ccnc(OC2CCN(c3ncc(C(=O)N4CCOCC4)cc3Cl)CC2)c1. The molecular formula is C21H25ClN4O3. The van der Waals surface area contributed by atoms with Crippen LogP contribution in [-0.2, 0) is 4.74 Å². The second-order valence-electron chi connectivity index (χ2n) is 7.41. The first-order valence-electron chi connectivity index (χ1n) is 9.97. The summed E-state index contributed by atoms with van der Waals surface area (Å²) in [6, 6.07) is 5.63. The largest absolute Gasteiger partial charge is 0.474 e. The van der Waals surface area contributed by atoms with Gasteiger partial charge in [-0.2, -0.15) is 0 Å². The molecule has 1 amide bonds. The number of aromatic nitrogens is 2. The molecular weight excluding hydrogens is 392 g/mol. The van der Waals surface area contributed by atoms with Gasteiger partial charge in [-0.05, 0) is 24.6 Å². The van der Waals surface area contributed by atoms with Gasteiger partial charge < -0.3 is 19.3 Å². The summed E-state index contributed by atoms with van der Waals surface area (Å²) in [4.78, 5) is 25.3. The van der Waals surface area contributed by atoms with Gasteiger partial charge in [-0.15, -0.1) is 0 Å². The summed E-state index contributed by atoms with van der Waals surface area (Å²) in [5.74, 6) is 1.34. The van der Waals surface area contributed by atoms with Gasteiger partial charge in [-0.3, -0.25) is 4.79 Å². The highest BCUT2D eigenvalue weighted by molar-refractivity contribution is 6.33. The Morgan fingerprint density at radius 2 is 1.93 bits per heavy atom. The van der Waals surface area contributed by atoms with Crippen molar-refractivity contribution in [1.29, 1.82) is 0 Å². The van der Waals surface area contributed by atoms with Crippen molar-refractivity contribution in [3.8, 4) is 5.88 Å². The summed E-state index contributed by atoms with van der Waals surface area (Å²) < 4.78 is 11.3. The minimum atomic E-state index is -0.0491. The number of nitrogens with zero attached hydrogens (tertiary/aromatic N) is 4. The first-order chi connectivity index (χ1) is 14.1. The van der Waals surface area contributed by atoms with Crippen LogP contribution in [0.2, 0.25) is 5.02 Å². The predicted octanol–water partition coefficient (Wildman–Crippen LogP) is 2.96. The van der Waals surface area contributed by atoms with Gasteiger partial charge in [0.1, 0.15) is 11.9 Å². The number of amides is 1. The monoisotopic (exact) mass is 416 g/mol. The number of rotatable bonds is 4. The van der Waals surface area contributed by atoms with E-state index in [-0.39, 0.29) is 12.0 Å². The molecule has 29 heavy (non-hydrogen) atoms. The van der Waals surface area contributed by atoms with E-state index in [9.17, 15) is 4.79 Å². The second kappa shape index (κ2) is 8.97. The lowest BCUT2D eigenvalue weighted by molar-refractivity contribution is 0.0302. The zero-order valence-electron chi connectivity index (χ0n) is 16.5. The van der Waals surface area contributed by atoms with Crippen LogP contribution in [-0.4, -0.2) is 66.3 Å². The van der Waals surface area contributed by atoms with Gasteiger partial charge in [0.15, 0.2) is 0 Å². The molecule has 0 spiro atoms. The van der Waals surface area contributed by atoms with Crippen molar-refractivity contribution in [3.63, 3.8) is 0 Å². The number of aryl methyl sites for hydroxylation is 1. The maximum atomic E-state index is 12.6. The number of morpholine rings is 1. The fourth-order valence-electron chi connectivity index (χ4n) is 3.66. The molecule has 0 saturated carbocycles. The normalized spacial score (nSPS) is 18.0. The average Bonchev–Trinajstić information content (AvgIpc) is 2.74. The Labute approximate surface area is 175 Å². The van der Waals surface area contributed by atoms with Crippen LogP contribution in [0.4, 0.5) is 5.82 Å². The molecule has 2 aliphatic heterocycles. The van der Waals surface area contributed by atoms with Gasteiger partial charge in [0.05, 0.1) is 23.8 Å². The minimum Gasteiger partial charge on any atom is -0.474 e. The van der Waals surface area contributed by atoms with Gasteiger partial charge in [0.25, 0.3) is 5.91 Å². The quantitative estimate of drug-likeness (QED) is 0.763. The Hall–Kier alpha value is -2.38. The molecule has 0 atom stereocenters. The molecule has 2 aromatic heterocycles. The van der Waals surface area contributed by atoms with Crippen molar-refractivity contribution in [2.75, 3.05) is 44.3 Å². The van der Waals surface area contributed by atoms with Crippen LogP contribution < -0.4 is 9.64 Å². The molecule has 0 bridgehead atoms.